The molecule has 28 heavy (non-hydrogen) atoms. The van der Waals surface area contributed by atoms with E-state index < -0.39 is 42.1 Å². The SMILES string of the molecule is Cc1c(N2C(=O)[C@H]3C4CC(CN4C(=O)C(F)(F)F)N3C2=O)ccc(C#N)c1Cl. The summed E-state index contributed by atoms with van der Waals surface area (Å²) >= 11 is 6.11. The largest absolute Gasteiger partial charge is 0.471 e. The number of anilines is 1. The molecule has 3 aliphatic heterocycles. The summed E-state index contributed by atoms with van der Waals surface area (Å²) in [4.78, 5) is 40.3. The van der Waals surface area contributed by atoms with Crippen molar-refractivity contribution in [3.8, 4) is 6.07 Å². The molecule has 3 atom stereocenters. The van der Waals surface area contributed by atoms with Crippen LogP contribution in [0, 0.1) is 18.3 Å². The molecule has 3 fully saturated rings. The summed E-state index contributed by atoms with van der Waals surface area (Å²) in [6.07, 6.45) is -4.91. The molecule has 0 aliphatic carbocycles. The Kier molecular flexibility index (Phi) is 3.88. The highest BCUT2D eigenvalue weighted by atomic mass is 35.5. The van der Waals surface area contributed by atoms with Crippen molar-refractivity contribution >= 4 is 35.1 Å². The van der Waals surface area contributed by atoms with Crippen LogP contribution in [0.15, 0.2) is 12.1 Å². The van der Waals surface area contributed by atoms with E-state index >= 15 is 0 Å². The van der Waals surface area contributed by atoms with Gasteiger partial charge in [-0.2, -0.15) is 18.4 Å². The molecule has 3 heterocycles. The molecule has 4 amide bonds. The molecule has 0 N–H and O–H groups in total. The maximum Gasteiger partial charge on any atom is 0.471 e. The number of carbonyl (C=O) groups is 3. The molecule has 11 heteroatoms. The minimum Gasteiger partial charge on any atom is -0.327 e. The van der Waals surface area contributed by atoms with Gasteiger partial charge in [0.1, 0.15) is 12.1 Å². The molecule has 0 aromatic heterocycles. The van der Waals surface area contributed by atoms with Gasteiger partial charge in [0.05, 0.1) is 28.4 Å². The van der Waals surface area contributed by atoms with Crippen LogP contribution in [0.1, 0.15) is 17.5 Å². The Morgan fingerprint density at radius 1 is 1.32 bits per heavy atom. The number of hydrogen-bond donors (Lipinski definition) is 0. The Morgan fingerprint density at radius 3 is 2.61 bits per heavy atom. The van der Waals surface area contributed by atoms with E-state index in [-0.39, 0.29) is 29.2 Å². The Hall–Kier alpha value is -2.80. The van der Waals surface area contributed by atoms with Crippen molar-refractivity contribution < 1.29 is 27.6 Å². The number of hydrogen-bond acceptors (Lipinski definition) is 4. The van der Waals surface area contributed by atoms with Gasteiger partial charge in [0, 0.05) is 6.54 Å². The summed E-state index contributed by atoms with van der Waals surface area (Å²) in [5, 5.41) is 9.13. The monoisotopic (exact) mass is 412 g/mol. The third-order valence-electron chi connectivity index (χ3n) is 5.49. The number of likely N-dealkylation sites (tertiary alicyclic amines) is 1. The van der Waals surface area contributed by atoms with E-state index in [0.717, 1.165) is 4.90 Å². The molecular weight excluding hydrogens is 401 g/mol. The second-order valence-electron chi connectivity index (χ2n) is 6.90. The third-order valence-corrected chi connectivity index (χ3v) is 5.97. The number of fused-ring (bicyclic) bond motifs is 5. The lowest BCUT2D eigenvalue weighted by molar-refractivity contribution is -0.188. The smallest absolute Gasteiger partial charge is 0.327 e. The number of urea groups is 1. The summed E-state index contributed by atoms with van der Waals surface area (Å²) in [6, 6.07) is 1.16. The second-order valence-corrected chi connectivity index (χ2v) is 7.28. The first-order valence-corrected chi connectivity index (χ1v) is 8.69. The molecule has 1 aromatic rings. The van der Waals surface area contributed by atoms with Gasteiger partial charge in [0.25, 0.3) is 5.91 Å². The van der Waals surface area contributed by atoms with E-state index in [1.807, 2.05) is 6.07 Å². The number of piperazine rings is 1. The first-order chi connectivity index (χ1) is 13.1. The predicted molar refractivity (Wildman–Crippen MR) is 89.4 cm³/mol. The van der Waals surface area contributed by atoms with E-state index in [1.54, 1.807) is 0 Å². The highest BCUT2D eigenvalue weighted by molar-refractivity contribution is 6.33. The van der Waals surface area contributed by atoms with Gasteiger partial charge in [0.15, 0.2) is 0 Å². The van der Waals surface area contributed by atoms with Gasteiger partial charge in [0.2, 0.25) is 0 Å². The van der Waals surface area contributed by atoms with Crippen LogP contribution < -0.4 is 4.90 Å². The molecule has 2 bridgehead atoms. The lowest BCUT2D eigenvalue weighted by atomic mass is 10.1. The molecule has 0 radical (unpaired) electrons. The lowest BCUT2D eigenvalue weighted by Gasteiger charge is -2.35. The van der Waals surface area contributed by atoms with Crippen molar-refractivity contribution in [1.82, 2.24) is 9.80 Å². The van der Waals surface area contributed by atoms with Gasteiger partial charge >= 0.3 is 18.1 Å². The van der Waals surface area contributed by atoms with Crippen LogP contribution in [-0.4, -0.2) is 58.5 Å². The van der Waals surface area contributed by atoms with E-state index in [4.69, 9.17) is 16.9 Å². The quantitative estimate of drug-likeness (QED) is 0.662. The number of nitrogens with zero attached hydrogens (tertiary/aromatic N) is 4. The number of carbonyl (C=O) groups excluding carboxylic acids is 3. The zero-order valence-electron chi connectivity index (χ0n) is 14.3. The number of imide groups is 1. The minimum atomic E-state index is -5.04. The van der Waals surface area contributed by atoms with E-state index in [9.17, 15) is 27.6 Å². The molecule has 3 saturated heterocycles. The molecule has 1 aromatic carbocycles. The van der Waals surface area contributed by atoms with E-state index in [0.29, 0.717) is 10.5 Å². The zero-order chi connectivity index (χ0) is 20.5. The maximum absolute atomic E-state index is 13.0. The molecule has 146 valence electrons. The normalized spacial score (nSPS) is 26.1. The predicted octanol–water partition coefficient (Wildman–Crippen LogP) is 2.20. The van der Waals surface area contributed by atoms with Crippen LogP contribution in [0.3, 0.4) is 0 Å². The standard InChI is InChI=1S/C17H12ClF3N4O3/c1-7-10(3-2-8(5-22)12(7)18)25-14(26)13-11-4-9(24(13)16(25)28)6-23(11)15(27)17(19,20)21/h2-3,9,11,13H,4,6H2,1H3/t9?,11?,13-/m1/s1. The lowest BCUT2D eigenvalue weighted by Crippen LogP contribution is -2.57. The molecular formula is C17H12ClF3N4O3. The highest BCUT2D eigenvalue weighted by Gasteiger charge is 2.64. The fourth-order valence-corrected chi connectivity index (χ4v) is 4.48. The van der Waals surface area contributed by atoms with Crippen LogP contribution in [-0.2, 0) is 9.59 Å². The molecule has 4 rings (SSSR count). The van der Waals surface area contributed by atoms with Gasteiger partial charge < -0.3 is 9.80 Å². The summed E-state index contributed by atoms with van der Waals surface area (Å²) in [6.45, 7) is 1.27. The fourth-order valence-electron chi connectivity index (χ4n) is 4.28. The van der Waals surface area contributed by atoms with Gasteiger partial charge in [-0.05, 0) is 31.0 Å². The third kappa shape index (κ3) is 2.32. The van der Waals surface area contributed by atoms with Crippen molar-refractivity contribution in [3.63, 3.8) is 0 Å². The van der Waals surface area contributed by atoms with Crippen LogP contribution >= 0.6 is 11.6 Å². The van der Waals surface area contributed by atoms with Crippen LogP contribution in [0.25, 0.3) is 0 Å². The number of rotatable bonds is 1. The Bertz CT molecular complexity index is 974. The zero-order valence-corrected chi connectivity index (χ0v) is 15.1. The first kappa shape index (κ1) is 18.6. The molecule has 7 nitrogen and oxygen atoms in total. The molecule has 0 spiro atoms. The van der Waals surface area contributed by atoms with Gasteiger partial charge in [-0.1, -0.05) is 11.6 Å². The Labute approximate surface area is 161 Å². The van der Waals surface area contributed by atoms with Crippen molar-refractivity contribution in [2.45, 2.75) is 37.6 Å². The molecule has 0 saturated carbocycles. The number of amides is 4. The van der Waals surface area contributed by atoms with Crippen LogP contribution in [0.2, 0.25) is 5.02 Å². The van der Waals surface area contributed by atoms with E-state index in [2.05, 4.69) is 0 Å². The Balaban J connectivity index is 1.70. The summed E-state index contributed by atoms with van der Waals surface area (Å²) < 4.78 is 38.5. The van der Waals surface area contributed by atoms with Crippen LogP contribution in [0.4, 0.5) is 23.7 Å². The van der Waals surface area contributed by atoms with Gasteiger partial charge in [-0.15, -0.1) is 0 Å². The molecule has 2 unspecified atom stereocenters. The maximum atomic E-state index is 13.0. The first-order valence-electron chi connectivity index (χ1n) is 8.31. The number of benzene rings is 1. The summed E-state index contributed by atoms with van der Waals surface area (Å²) in [5.74, 6) is -2.71. The van der Waals surface area contributed by atoms with Crippen molar-refractivity contribution in [2.24, 2.45) is 0 Å². The van der Waals surface area contributed by atoms with Crippen LogP contribution in [0.5, 0.6) is 0 Å². The molecule has 3 aliphatic rings. The summed E-state index contributed by atoms with van der Waals surface area (Å²) in [7, 11) is 0. The van der Waals surface area contributed by atoms with Crippen molar-refractivity contribution in [3.05, 3.63) is 28.3 Å². The number of alkyl halides is 3. The minimum absolute atomic E-state index is 0.0875. The van der Waals surface area contributed by atoms with Gasteiger partial charge in [-0.3, -0.25) is 9.59 Å². The average molecular weight is 413 g/mol. The average Bonchev–Trinajstić information content (AvgIpc) is 3.28. The van der Waals surface area contributed by atoms with Crippen molar-refractivity contribution in [1.29, 1.82) is 5.26 Å². The van der Waals surface area contributed by atoms with E-state index in [1.165, 1.54) is 24.0 Å². The van der Waals surface area contributed by atoms with Gasteiger partial charge in [-0.25, -0.2) is 9.69 Å². The second kappa shape index (κ2) is 5.85. The van der Waals surface area contributed by atoms with Crippen molar-refractivity contribution in [2.75, 3.05) is 11.4 Å². The summed E-state index contributed by atoms with van der Waals surface area (Å²) in [5.41, 5.74) is 0.671. The topological polar surface area (TPSA) is 84.7 Å². The number of nitriles is 1. The number of halogens is 4. The Morgan fingerprint density at radius 2 is 2.00 bits per heavy atom. The fraction of sp³-hybridized carbons (Fsp3) is 0.412. The highest BCUT2D eigenvalue weighted by Crippen LogP contribution is 2.44.